The Balaban J connectivity index is 1.87. The highest BCUT2D eigenvalue weighted by atomic mass is 32.1. The van der Waals surface area contributed by atoms with Crippen LogP contribution in [0.4, 0.5) is 5.00 Å². The second kappa shape index (κ2) is 7.04. The number of rotatable bonds is 6. The standard InChI is InChI=1S/C18H25NO3S/c1-3-5-11-6-9-13-14(10-11)23-17(15(13)18(21)22-4-2)19-16(20)12-7-8-12/h11-12H,3-10H2,1-2H3,(H,19,20)/t11-/m0/s1. The van der Waals surface area contributed by atoms with E-state index in [1.165, 1.54) is 17.7 Å². The van der Waals surface area contributed by atoms with Gasteiger partial charge in [0, 0.05) is 10.8 Å². The molecule has 0 saturated heterocycles. The van der Waals surface area contributed by atoms with Crippen molar-refractivity contribution in [1.82, 2.24) is 0 Å². The van der Waals surface area contributed by atoms with E-state index in [1.807, 2.05) is 6.92 Å². The smallest absolute Gasteiger partial charge is 0.341 e. The van der Waals surface area contributed by atoms with E-state index in [9.17, 15) is 9.59 Å². The van der Waals surface area contributed by atoms with Crippen LogP contribution in [0.5, 0.6) is 0 Å². The van der Waals surface area contributed by atoms with Crippen LogP contribution in [-0.2, 0) is 22.4 Å². The minimum absolute atomic E-state index is 0.0549. The summed E-state index contributed by atoms with van der Waals surface area (Å²) in [7, 11) is 0. The summed E-state index contributed by atoms with van der Waals surface area (Å²) in [5.41, 5.74) is 1.74. The number of thiophene rings is 1. The van der Waals surface area contributed by atoms with Crippen LogP contribution in [0.15, 0.2) is 0 Å². The van der Waals surface area contributed by atoms with Gasteiger partial charge in [0.15, 0.2) is 0 Å². The Morgan fingerprint density at radius 2 is 2.04 bits per heavy atom. The number of carbonyl (C=O) groups excluding carboxylic acids is 2. The number of fused-ring (bicyclic) bond motifs is 1. The van der Waals surface area contributed by atoms with Gasteiger partial charge in [0.1, 0.15) is 5.00 Å². The monoisotopic (exact) mass is 335 g/mol. The minimum atomic E-state index is -0.287. The van der Waals surface area contributed by atoms with E-state index in [-0.39, 0.29) is 17.8 Å². The number of nitrogens with one attached hydrogen (secondary N) is 1. The van der Waals surface area contributed by atoms with Gasteiger partial charge in [-0.25, -0.2) is 4.79 Å². The Bertz CT molecular complexity index is 604. The molecule has 3 rings (SSSR count). The van der Waals surface area contributed by atoms with Gasteiger partial charge in [0.25, 0.3) is 0 Å². The van der Waals surface area contributed by atoms with Crippen molar-refractivity contribution in [3.8, 4) is 0 Å². The zero-order valence-corrected chi connectivity index (χ0v) is 14.8. The molecule has 5 heteroatoms. The molecule has 0 aromatic carbocycles. The van der Waals surface area contributed by atoms with Gasteiger partial charge in [-0.1, -0.05) is 19.8 Å². The number of amides is 1. The highest BCUT2D eigenvalue weighted by Gasteiger charge is 2.34. The molecule has 1 heterocycles. The normalized spacial score (nSPS) is 20.0. The van der Waals surface area contributed by atoms with Crippen LogP contribution in [-0.4, -0.2) is 18.5 Å². The average Bonchev–Trinajstić information content (AvgIpc) is 3.30. The van der Waals surface area contributed by atoms with Gasteiger partial charge in [0.05, 0.1) is 12.2 Å². The first-order valence-corrected chi connectivity index (χ1v) is 9.58. The molecular formula is C18H25NO3S. The molecule has 0 bridgehead atoms. The zero-order valence-electron chi connectivity index (χ0n) is 13.9. The van der Waals surface area contributed by atoms with Crippen molar-refractivity contribution in [3.63, 3.8) is 0 Å². The van der Waals surface area contributed by atoms with Crippen molar-refractivity contribution in [2.24, 2.45) is 11.8 Å². The number of hydrogen-bond acceptors (Lipinski definition) is 4. The molecule has 4 nitrogen and oxygen atoms in total. The molecular weight excluding hydrogens is 310 g/mol. The summed E-state index contributed by atoms with van der Waals surface area (Å²) in [5.74, 6) is 0.606. The topological polar surface area (TPSA) is 55.4 Å². The fraction of sp³-hybridized carbons (Fsp3) is 0.667. The van der Waals surface area contributed by atoms with Crippen LogP contribution in [0.25, 0.3) is 0 Å². The molecule has 0 unspecified atom stereocenters. The van der Waals surface area contributed by atoms with Gasteiger partial charge in [-0.15, -0.1) is 11.3 Å². The van der Waals surface area contributed by atoms with Crippen LogP contribution < -0.4 is 5.32 Å². The maximum Gasteiger partial charge on any atom is 0.341 e. The molecule has 2 aliphatic carbocycles. The summed E-state index contributed by atoms with van der Waals surface area (Å²) in [6.07, 6.45) is 7.43. The fourth-order valence-electron chi connectivity index (χ4n) is 3.38. The molecule has 1 fully saturated rings. The average molecular weight is 335 g/mol. The summed E-state index contributed by atoms with van der Waals surface area (Å²) >= 11 is 1.59. The van der Waals surface area contributed by atoms with Crippen LogP contribution >= 0.6 is 11.3 Å². The van der Waals surface area contributed by atoms with E-state index in [1.54, 1.807) is 11.3 Å². The molecule has 23 heavy (non-hydrogen) atoms. The highest BCUT2D eigenvalue weighted by Crippen LogP contribution is 2.42. The van der Waals surface area contributed by atoms with Gasteiger partial charge in [-0.3, -0.25) is 4.79 Å². The third-order valence-electron chi connectivity index (χ3n) is 4.73. The number of hydrogen-bond donors (Lipinski definition) is 1. The summed E-state index contributed by atoms with van der Waals surface area (Å²) in [5, 5.41) is 3.71. The van der Waals surface area contributed by atoms with Crippen LogP contribution in [0.3, 0.4) is 0 Å². The van der Waals surface area contributed by atoms with Gasteiger partial charge in [0.2, 0.25) is 5.91 Å². The van der Waals surface area contributed by atoms with E-state index in [0.29, 0.717) is 23.1 Å². The van der Waals surface area contributed by atoms with E-state index < -0.39 is 0 Å². The van der Waals surface area contributed by atoms with Crippen LogP contribution in [0.1, 0.15) is 66.8 Å². The van der Waals surface area contributed by atoms with Crippen molar-refractivity contribution >= 4 is 28.2 Å². The minimum Gasteiger partial charge on any atom is -0.462 e. The van der Waals surface area contributed by atoms with Crippen molar-refractivity contribution < 1.29 is 14.3 Å². The largest absolute Gasteiger partial charge is 0.462 e. The Hall–Kier alpha value is -1.36. The van der Waals surface area contributed by atoms with Gasteiger partial charge >= 0.3 is 5.97 Å². The first-order chi connectivity index (χ1) is 11.1. The summed E-state index contributed by atoms with van der Waals surface area (Å²) in [6, 6.07) is 0. The summed E-state index contributed by atoms with van der Waals surface area (Å²) in [6.45, 7) is 4.39. The molecule has 1 aromatic rings. The Morgan fingerprint density at radius 3 is 2.70 bits per heavy atom. The lowest BCUT2D eigenvalue weighted by Crippen LogP contribution is -2.18. The van der Waals surface area contributed by atoms with Crippen molar-refractivity contribution in [1.29, 1.82) is 0 Å². The SMILES string of the molecule is CCC[C@H]1CCc2c(sc(NC(=O)C3CC3)c2C(=O)OCC)C1. The number of ether oxygens (including phenoxy) is 1. The van der Waals surface area contributed by atoms with E-state index >= 15 is 0 Å². The van der Waals surface area contributed by atoms with Crippen molar-refractivity contribution in [2.45, 2.75) is 58.8 Å². The lowest BCUT2D eigenvalue weighted by atomic mass is 9.84. The molecule has 0 radical (unpaired) electrons. The number of carbonyl (C=O) groups is 2. The molecule has 1 atom stereocenters. The molecule has 126 valence electrons. The summed E-state index contributed by atoms with van der Waals surface area (Å²) < 4.78 is 5.24. The van der Waals surface area contributed by atoms with Gasteiger partial charge < -0.3 is 10.1 Å². The lowest BCUT2D eigenvalue weighted by Gasteiger charge is -2.21. The second-order valence-electron chi connectivity index (χ2n) is 6.59. The molecule has 0 spiro atoms. The molecule has 1 amide bonds. The van der Waals surface area contributed by atoms with Gasteiger partial charge in [-0.05, 0) is 50.5 Å². The predicted molar refractivity (Wildman–Crippen MR) is 92.1 cm³/mol. The van der Waals surface area contributed by atoms with Crippen LogP contribution in [0.2, 0.25) is 0 Å². The zero-order chi connectivity index (χ0) is 16.4. The maximum atomic E-state index is 12.4. The molecule has 1 saturated carbocycles. The maximum absolute atomic E-state index is 12.4. The Kier molecular flexibility index (Phi) is 5.05. The highest BCUT2D eigenvalue weighted by molar-refractivity contribution is 7.17. The number of esters is 1. The first kappa shape index (κ1) is 16.5. The van der Waals surface area contributed by atoms with E-state index in [4.69, 9.17) is 4.74 Å². The van der Waals surface area contributed by atoms with Crippen LogP contribution in [0, 0.1) is 11.8 Å². The molecule has 0 aliphatic heterocycles. The Morgan fingerprint density at radius 1 is 1.26 bits per heavy atom. The molecule has 2 aliphatic rings. The molecule has 1 aromatic heterocycles. The third-order valence-corrected chi connectivity index (χ3v) is 5.90. The third kappa shape index (κ3) is 3.60. The second-order valence-corrected chi connectivity index (χ2v) is 7.69. The van der Waals surface area contributed by atoms with Crippen molar-refractivity contribution in [2.75, 3.05) is 11.9 Å². The van der Waals surface area contributed by atoms with E-state index in [2.05, 4.69) is 12.2 Å². The molecule has 1 N–H and O–H groups in total. The summed E-state index contributed by atoms with van der Waals surface area (Å²) in [4.78, 5) is 25.8. The van der Waals surface area contributed by atoms with Crippen molar-refractivity contribution in [3.05, 3.63) is 16.0 Å². The quantitative estimate of drug-likeness (QED) is 0.794. The number of anilines is 1. The Labute approximate surface area is 141 Å². The first-order valence-electron chi connectivity index (χ1n) is 8.76. The fourth-order valence-corrected chi connectivity index (χ4v) is 4.73. The lowest BCUT2D eigenvalue weighted by molar-refractivity contribution is -0.117. The van der Waals surface area contributed by atoms with E-state index in [0.717, 1.165) is 37.7 Å². The predicted octanol–water partition coefficient (Wildman–Crippen LogP) is 4.18. The van der Waals surface area contributed by atoms with Gasteiger partial charge in [-0.2, -0.15) is 0 Å².